The second-order valence-corrected chi connectivity index (χ2v) is 1.27. The van der Waals surface area contributed by atoms with Crippen molar-refractivity contribution in [2.45, 2.75) is 0 Å². The molecule has 0 N–H and O–H groups in total. The molecule has 0 saturated carbocycles. The Balaban J connectivity index is 0.000000173. The molecule has 0 radical (unpaired) electrons. The van der Waals surface area contributed by atoms with E-state index < -0.39 is 6.16 Å². The molecule has 0 aromatic rings. The smallest absolute Gasteiger partial charge is 0.438 e. The van der Waals surface area contributed by atoms with Crippen LogP contribution in [0.15, 0.2) is 0 Å². The van der Waals surface area contributed by atoms with Crippen LogP contribution in [0.2, 0.25) is 0 Å². The number of carbonyl (C=O) groups excluding carboxylic acids is 1. The van der Waals surface area contributed by atoms with Crippen LogP contribution in [-0.4, -0.2) is 33.6 Å². The molecule has 1 aliphatic heterocycles. The van der Waals surface area contributed by atoms with E-state index in [0.29, 0.717) is 0 Å². The molecule has 1 aliphatic rings. The highest BCUT2D eigenvalue weighted by molar-refractivity contribution is 5.59. The number of hydrogen-bond acceptors (Lipinski definition) is 4. The summed E-state index contributed by atoms with van der Waals surface area (Å²) in [5, 5.41) is 0. The lowest BCUT2D eigenvalue weighted by atomic mass is 11.0. The third-order valence-corrected chi connectivity index (χ3v) is 0.537. The van der Waals surface area contributed by atoms with Gasteiger partial charge in [-0.05, 0) is 0 Å². The molecule has 0 aromatic carbocycles. The Labute approximate surface area is 53.7 Å². The van der Waals surface area contributed by atoms with Gasteiger partial charge in [0.25, 0.3) is 0 Å². The van der Waals surface area contributed by atoms with E-state index in [1.54, 1.807) is 0 Å². The molecule has 0 atom stereocenters. The number of rotatable bonds is 0. The summed E-state index contributed by atoms with van der Waals surface area (Å²) < 4.78 is 12.6. The average Bonchev–Trinajstić information content (AvgIpc) is 2.70. The van der Waals surface area contributed by atoms with Crippen molar-refractivity contribution >= 4 is 6.16 Å². The molecule has 1 rings (SSSR count). The van der Waals surface area contributed by atoms with Crippen LogP contribution in [0.5, 0.6) is 0 Å². The van der Waals surface area contributed by atoms with Crippen molar-refractivity contribution in [1.82, 2.24) is 0 Å². The molecule has 9 heavy (non-hydrogen) atoms. The van der Waals surface area contributed by atoms with E-state index >= 15 is 0 Å². The molecule has 0 amide bonds. The summed E-state index contributed by atoms with van der Waals surface area (Å²) in [6.07, 6.45) is -0.657. The first-order valence-corrected chi connectivity index (χ1v) is 2.51. The van der Waals surface area contributed by atoms with Gasteiger partial charge in [-0.25, -0.2) is 4.79 Å². The molecule has 0 aromatic heterocycles. The highest BCUT2D eigenvalue weighted by atomic mass is 16.7. The Morgan fingerprint density at radius 2 is 1.67 bits per heavy atom. The third kappa shape index (κ3) is 11.1. The number of ether oxygens (including phenoxy) is 3. The van der Waals surface area contributed by atoms with Gasteiger partial charge in [0.05, 0.1) is 27.4 Å². The van der Waals surface area contributed by atoms with Crippen molar-refractivity contribution in [2.24, 2.45) is 0 Å². The quantitative estimate of drug-likeness (QED) is 0.355. The van der Waals surface area contributed by atoms with E-state index in [9.17, 15) is 4.79 Å². The van der Waals surface area contributed by atoms with Crippen molar-refractivity contribution < 1.29 is 19.0 Å². The van der Waals surface area contributed by atoms with Gasteiger partial charge in [0.2, 0.25) is 0 Å². The maximum absolute atomic E-state index is 9.74. The van der Waals surface area contributed by atoms with E-state index in [2.05, 4.69) is 14.2 Å². The molecule has 0 bridgehead atoms. The van der Waals surface area contributed by atoms with Gasteiger partial charge in [-0.15, -0.1) is 0 Å². The number of hydrogen-bond donors (Lipinski definition) is 0. The second-order valence-electron chi connectivity index (χ2n) is 1.27. The predicted octanol–water partition coefficient (Wildman–Crippen LogP) is 0.416. The van der Waals surface area contributed by atoms with Gasteiger partial charge in [0.15, 0.2) is 0 Å². The largest absolute Gasteiger partial charge is 0.507 e. The van der Waals surface area contributed by atoms with E-state index in [4.69, 9.17) is 0 Å². The van der Waals surface area contributed by atoms with Gasteiger partial charge < -0.3 is 14.2 Å². The molecule has 1 heterocycles. The molecule has 1 saturated heterocycles. The molecule has 0 unspecified atom stereocenters. The third-order valence-electron chi connectivity index (χ3n) is 0.537. The monoisotopic (exact) mass is 134 g/mol. The SMILES string of the molecule is C1CO1.COC(=O)OC. The zero-order chi connectivity index (χ0) is 7.11. The zero-order valence-corrected chi connectivity index (χ0v) is 5.55. The molecule has 1 fully saturated rings. The summed E-state index contributed by atoms with van der Waals surface area (Å²) in [4.78, 5) is 9.74. The first-order valence-electron chi connectivity index (χ1n) is 2.51. The van der Waals surface area contributed by atoms with E-state index in [-0.39, 0.29) is 0 Å². The van der Waals surface area contributed by atoms with Crippen LogP contribution in [0, 0.1) is 0 Å². The molecular formula is C5H10O4. The Bertz CT molecular complexity index is 70.3. The highest BCUT2D eigenvalue weighted by Crippen LogP contribution is 1.84. The summed E-state index contributed by atoms with van der Waals surface area (Å²) in [7, 11) is 2.51. The Morgan fingerprint density at radius 1 is 1.33 bits per heavy atom. The van der Waals surface area contributed by atoms with Gasteiger partial charge in [-0.2, -0.15) is 0 Å². The summed E-state index contributed by atoms with van der Waals surface area (Å²) in [6, 6.07) is 0. The van der Waals surface area contributed by atoms with Crippen molar-refractivity contribution in [3.8, 4) is 0 Å². The maximum atomic E-state index is 9.74. The normalized spacial score (nSPS) is 12.7. The molecule has 0 spiro atoms. The fraction of sp³-hybridized carbons (Fsp3) is 0.800. The first kappa shape index (κ1) is 8.23. The molecule has 0 aliphatic carbocycles. The summed E-state index contributed by atoms with van der Waals surface area (Å²) >= 11 is 0. The maximum Gasteiger partial charge on any atom is 0.507 e. The van der Waals surface area contributed by atoms with Crippen LogP contribution in [0.4, 0.5) is 4.79 Å². The number of epoxide rings is 1. The van der Waals surface area contributed by atoms with Crippen LogP contribution in [0.25, 0.3) is 0 Å². The predicted molar refractivity (Wildman–Crippen MR) is 30.2 cm³/mol. The van der Waals surface area contributed by atoms with Crippen LogP contribution >= 0.6 is 0 Å². The van der Waals surface area contributed by atoms with Crippen molar-refractivity contribution in [2.75, 3.05) is 27.4 Å². The van der Waals surface area contributed by atoms with Crippen molar-refractivity contribution in [3.05, 3.63) is 0 Å². The topological polar surface area (TPSA) is 48.1 Å². The lowest BCUT2D eigenvalue weighted by molar-refractivity contribution is 0.0924. The Hall–Kier alpha value is -0.770. The van der Waals surface area contributed by atoms with Crippen molar-refractivity contribution in [1.29, 1.82) is 0 Å². The zero-order valence-electron chi connectivity index (χ0n) is 5.55. The molecular weight excluding hydrogens is 124 g/mol. The minimum absolute atomic E-state index is 0.657. The standard InChI is InChI=1S/C3H6O3.C2H4O/c1-5-3(4)6-2;1-2-3-1/h1-2H3;1-2H2. The minimum atomic E-state index is -0.657. The molecule has 4 heteroatoms. The lowest BCUT2D eigenvalue weighted by Gasteiger charge is -1.89. The summed E-state index contributed by atoms with van der Waals surface area (Å²) in [6.45, 7) is 2.00. The highest BCUT2D eigenvalue weighted by Gasteiger charge is 1.94. The molecule has 54 valence electrons. The lowest BCUT2D eigenvalue weighted by Crippen LogP contribution is -1.97. The van der Waals surface area contributed by atoms with Crippen LogP contribution in [0.3, 0.4) is 0 Å². The summed E-state index contributed by atoms with van der Waals surface area (Å²) in [5.74, 6) is 0. The van der Waals surface area contributed by atoms with Crippen LogP contribution in [0.1, 0.15) is 0 Å². The minimum Gasteiger partial charge on any atom is -0.438 e. The van der Waals surface area contributed by atoms with E-state index in [0.717, 1.165) is 13.2 Å². The number of carbonyl (C=O) groups is 1. The second kappa shape index (κ2) is 5.37. The van der Waals surface area contributed by atoms with E-state index in [1.165, 1.54) is 14.2 Å². The first-order chi connectivity index (χ1) is 4.31. The van der Waals surface area contributed by atoms with Crippen LogP contribution < -0.4 is 0 Å². The number of methoxy groups -OCH3 is 2. The fourth-order valence-electron chi connectivity index (χ4n) is 0.0833. The average molecular weight is 134 g/mol. The van der Waals surface area contributed by atoms with Gasteiger partial charge in [0.1, 0.15) is 0 Å². The van der Waals surface area contributed by atoms with Gasteiger partial charge >= 0.3 is 6.16 Å². The summed E-state index contributed by atoms with van der Waals surface area (Å²) in [5.41, 5.74) is 0. The van der Waals surface area contributed by atoms with Crippen LogP contribution in [-0.2, 0) is 14.2 Å². The Kier molecular flexibility index (Phi) is 4.91. The molecule has 4 nitrogen and oxygen atoms in total. The van der Waals surface area contributed by atoms with Gasteiger partial charge in [-0.1, -0.05) is 0 Å². The van der Waals surface area contributed by atoms with Gasteiger partial charge in [-0.3, -0.25) is 0 Å². The van der Waals surface area contributed by atoms with Crippen molar-refractivity contribution in [3.63, 3.8) is 0 Å². The fourth-order valence-corrected chi connectivity index (χ4v) is 0.0833. The van der Waals surface area contributed by atoms with E-state index in [1.807, 2.05) is 0 Å². The Morgan fingerprint density at radius 3 is 1.67 bits per heavy atom. The van der Waals surface area contributed by atoms with Gasteiger partial charge in [0, 0.05) is 0 Å².